The third-order valence-electron chi connectivity index (χ3n) is 2.59. The summed E-state index contributed by atoms with van der Waals surface area (Å²) in [7, 11) is 0. The lowest BCUT2D eigenvalue weighted by Gasteiger charge is -2.06. The highest BCUT2D eigenvalue weighted by molar-refractivity contribution is 5.70. The van der Waals surface area contributed by atoms with Crippen molar-refractivity contribution in [3.05, 3.63) is 30.3 Å². The van der Waals surface area contributed by atoms with Crippen LogP contribution in [0.2, 0.25) is 0 Å². The van der Waals surface area contributed by atoms with E-state index in [1.165, 1.54) is 12.8 Å². The van der Waals surface area contributed by atoms with Crippen molar-refractivity contribution in [2.45, 2.75) is 25.3 Å². The molecule has 1 aromatic carbocycles. The van der Waals surface area contributed by atoms with Crippen LogP contribution in [0.4, 0.5) is 4.79 Å². The maximum absolute atomic E-state index is 11.4. The molecule has 4 heteroatoms. The summed E-state index contributed by atoms with van der Waals surface area (Å²) >= 11 is 0. The largest absolute Gasteiger partial charge is 0.412 e. The summed E-state index contributed by atoms with van der Waals surface area (Å²) < 4.78 is 5.08. The Balaban J connectivity index is 1.54. The Kier molecular flexibility index (Phi) is 4.38. The molecule has 0 radical (unpaired) electrons. The number of carbonyl (C=O) groups is 1. The van der Waals surface area contributed by atoms with E-state index in [4.69, 9.17) is 4.74 Å². The second-order valence-corrected chi connectivity index (χ2v) is 4.21. The Morgan fingerprint density at radius 2 is 2.00 bits per heavy atom. The zero-order chi connectivity index (χ0) is 11.9. The summed E-state index contributed by atoms with van der Waals surface area (Å²) in [5, 5.41) is 6.11. The van der Waals surface area contributed by atoms with E-state index in [0.29, 0.717) is 12.3 Å². The molecule has 0 bridgehead atoms. The van der Waals surface area contributed by atoms with Crippen molar-refractivity contribution in [2.75, 3.05) is 13.1 Å². The number of hydrogen-bond acceptors (Lipinski definition) is 3. The van der Waals surface area contributed by atoms with Crippen molar-refractivity contribution < 1.29 is 9.53 Å². The monoisotopic (exact) mass is 234 g/mol. The van der Waals surface area contributed by atoms with Crippen LogP contribution in [0.15, 0.2) is 30.3 Å². The first-order valence-corrected chi connectivity index (χ1v) is 6.09. The second-order valence-electron chi connectivity index (χ2n) is 4.21. The Labute approximate surface area is 101 Å². The average molecular weight is 234 g/mol. The fourth-order valence-corrected chi connectivity index (χ4v) is 1.50. The lowest BCUT2D eigenvalue weighted by atomic mass is 10.3. The van der Waals surface area contributed by atoms with Crippen molar-refractivity contribution in [1.82, 2.24) is 10.6 Å². The van der Waals surface area contributed by atoms with E-state index in [0.717, 1.165) is 19.0 Å². The molecule has 4 nitrogen and oxygen atoms in total. The van der Waals surface area contributed by atoms with Crippen LogP contribution in [0.3, 0.4) is 0 Å². The van der Waals surface area contributed by atoms with Gasteiger partial charge in [0.1, 0.15) is 5.75 Å². The number of hydrogen-bond donors (Lipinski definition) is 2. The second kappa shape index (κ2) is 6.25. The number of amides is 1. The molecular formula is C13H18N2O2. The third kappa shape index (κ3) is 4.87. The maximum atomic E-state index is 11.4. The first kappa shape index (κ1) is 11.9. The highest BCUT2D eigenvalue weighted by atomic mass is 16.5. The SMILES string of the molecule is O=C(NCCCNC1CC1)Oc1ccccc1. The maximum Gasteiger partial charge on any atom is 0.412 e. The van der Waals surface area contributed by atoms with Gasteiger partial charge in [0.05, 0.1) is 0 Å². The van der Waals surface area contributed by atoms with Gasteiger partial charge in [-0.2, -0.15) is 0 Å². The first-order valence-electron chi connectivity index (χ1n) is 6.09. The average Bonchev–Trinajstić information content (AvgIpc) is 3.14. The van der Waals surface area contributed by atoms with Crippen LogP contribution >= 0.6 is 0 Å². The van der Waals surface area contributed by atoms with E-state index in [1.54, 1.807) is 12.1 Å². The van der Waals surface area contributed by atoms with Gasteiger partial charge in [0.15, 0.2) is 0 Å². The van der Waals surface area contributed by atoms with Gasteiger partial charge in [-0.3, -0.25) is 0 Å². The Morgan fingerprint density at radius 1 is 1.24 bits per heavy atom. The van der Waals surface area contributed by atoms with Crippen LogP contribution in [-0.4, -0.2) is 25.2 Å². The van der Waals surface area contributed by atoms with Gasteiger partial charge in [-0.05, 0) is 37.9 Å². The number of benzene rings is 1. The minimum absolute atomic E-state index is 0.386. The van der Waals surface area contributed by atoms with E-state index in [9.17, 15) is 4.79 Å². The predicted octanol–water partition coefficient (Wildman–Crippen LogP) is 1.92. The highest BCUT2D eigenvalue weighted by Gasteiger charge is 2.19. The normalized spacial score (nSPS) is 14.4. The molecule has 1 saturated carbocycles. The van der Waals surface area contributed by atoms with Crippen LogP contribution in [0.25, 0.3) is 0 Å². The topological polar surface area (TPSA) is 50.4 Å². The van der Waals surface area contributed by atoms with Gasteiger partial charge in [-0.1, -0.05) is 18.2 Å². The minimum atomic E-state index is -0.386. The smallest absolute Gasteiger partial charge is 0.410 e. The zero-order valence-corrected chi connectivity index (χ0v) is 9.82. The van der Waals surface area contributed by atoms with Gasteiger partial charge in [0, 0.05) is 12.6 Å². The molecule has 0 saturated heterocycles. The molecule has 0 aromatic heterocycles. The zero-order valence-electron chi connectivity index (χ0n) is 9.82. The van der Waals surface area contributed by atoms with Gasteiger partial charge in [-0.25, -0.2) is 4.79 Å². The molecule has 1 fully saturated rings. The van der Waals surface area contributed by atoms with Crippen LogP contribution < -0.4 is 15.4 Å². The van der Waals surface area contributed by atoms with Crippen molar-refractivity contribution >= 4 is 6.09 Å². The minimum Gasteiger partial charge on any atom is -0.410 e. The van der Waals surface area contributed by atoms with Crippen molar-refractivity contribution in [3.63, 3.8) is 0 Å². The van der Waals surface area contributed by atoms with E-state index in [1.807, 2.05) is 18.2 Å². The van der Waals surface area contributed by atoms with Crippen LogP contribution in [0.1, 0.15) is 19.3 Å². The summed E-state index contributed by atoms with van der Waals surface area (Å²) in [6.07, 6.45) is 3.13. The van der Waals surface area contributed by atoms with E-state index in [-0.39, 0.29) is 6.09 Å². The molecule has 17 heavy (non-hydrogen) atoms. The van der Waals surface area contributed by atoms with Gasteiger partial charge in [-0.15, -0.1) is 0 Å². The lowest BCUT2D eigenvalue weighted by molar-refractivity contribution is 0.200. The first-order chi connectivity index (χ1) is 8.34. The summed E-state index contributed by atoms with van der Waals surface area (Å²) in [5.74, 6) is 0.570. The summed E-state index contributed by atoms with van der Waals surface area (Å²) in [6, 6.07) is 9.80. The number of carbonyl (C=O) groups excluding carboxylic acids is 1. The van der Waals surface area contributed by atoms with Gasteiger partial charge < -0.3 is 15.4 Å². The molecular weight excluding hydrogens is 216 g/mol. The van der Waals surface area contributed by atoms with Gasteiger partial charge in [0.2, 0.25) is 0 Å². The van der Waals surface area contributed by atoms with Crippen LogP contribution in [0.5, 0.6) is 5.75 Å². The quantitative estimate of drug-likeness (QED) is 0.739. The van der Waals surface area contributed by atoms with Crippen LogP contribution in [-0.2, 0) is 0 Å². The van der Waals surface area contributed by atoms with E-state index in [2.05, 4.69) is 10.6 Å². The van der Waals surface area contributed by atoms with Crippen LogP contribution in [0, 0.1) is 0 Å². The molecule has 0 heterocycles. The molecule has 1 aliphatic rings. The Morgan fingerprint density at radius 3 is 2.71 bits per heavy atom. The van der Waals surface area contributed by atoms with E-state index < -0.39 is 0 Å². The fraction of sp³-hybridized carbons (Fsp3) is 0.462. The number of ether oxygens (including phenoxy) is 1. The number of para-hydroxylation sites is 1. The Bertz CT molecular complexity index is 350. The van der Waals surface area contributed by atoms with Crippen molar-refractivity contribution in [2.24, 2.45) is 0 Å². The fourth-order valence-electron chi connectivity index (χ4n) is 1.50. The predicted molar refractivity (Wildman–Crippen MR) is 66.1 cm³/mol. The van der Waals surface area contributed by atoms with Crippen molar-refractivity contribution in [3.8, 4) is 5.75 Å². The standard InChI is InChI=1S/C13H18N2O2/c16-13(17-12-5-2-1-3-6-12)15-10-4-9-14-11-7-8-11/h1-3,5-6,11,14H,4,7-10H2,(H,15,16). The molecule has 0 atom stereocenters. The molecule has 92 valence electrons. The number of rotatable bonds is 6. The summed E-state index contributed by atoms with van der Waals surface area (Å²) in [5.41, 5.74) is 0. The van der Waals surface area contributed by atoms with E-state index >= 15 is 0 Å². The Hall–Kier alpha value is -1.55. The van der Waals surface area contributed by atoms with Gasteiger partial charge >= 0.3 is 6.09 Å². The molecule has 0 spiro atoms. The molecule has 2 rings (SSSR count). The third-order valence-corrected chi connectivity index (χ3v) is 2.59. The summed E-state index contributed by atoms with van der Waals surface area (Å²) in [4.78, 5) is 11.4. The summed E-state index contributed by atoms with van der Waals surface area (Å²) in [6.45, 7) is 1.60. The molecule has 1 aliphatic carbocycles. The molecule has 2 N–H and O–H groups in total. The molecule has 1 aromatic rings. The molecule has 0 aliphatic heterocycles. The molecule has 1 amide bonds. The van der Waals surface area contributed by atoms with Gasteiger partial charge in [0.25, 0.3) is 0 Å². The number of nitrogens with one attached hydrogen (secondary N) is 2. The highest BCUT2D eigenvalue weighted by Crippen LogP contribution is 2.18. The van der Waals surface area contributed by atoms with Crippen molar-refractivity contribution in [1.29, 1.82) is 0 Å². The lowest BCUT2D eigenvalue weighted by Crippen LogP contribution is -2.30. The molecule has 0 unspecified atom stereocenters.